The van der Waals surface area contributed by atoms with E-state index in [-0.39, 0.29) is 11.9 Å². The van der Waals surface area contributed by atoms with Crippen molar-refractivity contribution in [1.82, 2.24) is 0 Å². The zero-order chi connectivity index (χ0) is 23.0. The second kappa shape index (κ2) is 11.7. The summed E-state index contributed by atoms with van der Waals surface area (Å²) in [5.41, 5.74) is 1.48. The Kier molecular flexibility index (Phi) is 8.47. The van der Waals surface area contributed by atoms with Crippen LogP contribution >= 0.6 is 0 Å². The number of esters is 1. The summed E-state index contributed by atoms with van der Waals surface area (Å²) >= 11 is 0. The Bertz CT molecular complexity index is 844. The molecule has 33 heavy (non-hydrogen) atoms. The maximum Gasteiger partial charge on any atom is 0.314 e. The number of carbonyl (C=O) groups excluding carboxylic acids is 1. The molecule has 0 unspecified atom stereocenters. The third kappa shape index (κ3) is 6.62. The number of hydrogen-bond acceptors (Lipinski definition) is 3. The maximum absolute atomic E-state index is 12.7. The molecule has 0 aromatic heterocycles. The Morgan fingerprint density at radius 2 is 1.39 bits per heavy atom. The highest BCUT2D eigenvalue weighted by molar-refractivity contribution is 5.75. The van der Waals surface area contributed by atoms with Crippen molar-refractivity contribution < 1.29 is 14.3 Å². The van der Waals surface area contributed by atoms with Crippen molar-refractivity contribution in [3.05, 3.63) is 60.2 Å². The lowest BCUT2D eigenvalue weighted by Crippen LogP contribution is -2.30. The average Bonchev–Trinajstić information content (AvgIpc) is 2.86. The monoisotopic (exact) mass is 448 g/mol. The van der Waals surface area contributed by atoms with Crippen LogP contribution in [-0.2, 0) is 4.79 Å². The fourth-order valence-corrected chi connectivity index (χ4v) is 6.11. The van der Waals surface area contributed by atoms with Crippen molar-refractivity contribution in [2.24, 2.45) is 23.7 Å². The lowest BCUT2D eigenvalue weighted by Gasteiger charge is -2.38. The minimum Gasteiger partial charge on any atom is -0.494 e. The molecule has 0 aliphatic heterocycles. The van der Waals surface area contributed by atoms with Crippen LogP contribution in [0.15, 0.2) is 54.6 Å². The van der Waals surface area contributed by atoms with Crippen LogP contribution in [0, 0.1) is 23.7 Å². The molecule has 2 aliphatic rings. The molecular formula is C30H40O3. The van der Waals surface area contributed by atoms with Crippen molar-refractivity contribution in [3.8, 4) is 11.5 Å². The fourth-order valence-electron chi connectivity index (χ4n) is 6.11. The lowest BCUT2D eigenvalue weighted by atomic mass is 9.68. The summed E-state index contributed by atoms with van der Waals surface area (Å²) in [6.07, 6.45) is 11.1. The molecule has 4 rings (SSSR count). The summed E-state index contributed by atoms with van der Waals surface area (Å²) in [6.45, 7) is 4.98. The van der Waals surface area contributed by atoms with Crippen LogP contribution in [0.3, 0.4) is 0 Å². The van der Waals surface area contributed by atoms with E-state index in [1.165, 1.54) is 50.5 Å². The van der Waals surface area contributed by atoms with Crippen LogP contribution in [0.5, 0.6) is 11.5 Å². The van der Waals surface area contributed by atoms with Gasteiger partial charge in [0.2, 0.25) is 0 Å². The molecule has 0 N–H and O–H groups in total. The topological polar surface area (TPSA) is 35.5 Å². The van der Waals surface area contributed by atoms with Gasteiger partial charge in [-0.1, -0.05) is 50.1 Å². The van der Waals surface area contributed by atoms with Crippen LogP contribution in [-0.4, -0.2) is 12.6 Å². The molecule has 2 aromatic carbocycles. The molecular weight excluding hydrogens is 408 g/mol. The van der Waals surface area contributed by atoms with E-state index < -0.39 is 0 Å². The van der Waals surface area contributed by atoms with Crippen molar-refractivity contribution in [2.75, 3.05) is 6.61 Å². The minimum absolute atomic E-state index is 0.0517. The standard InChI is InChI=1S/C30H40O3/c1-3-32-28-17-19-29(20-18-28)33-30(31)27-15-13-26(14-16-27)25-11-9-23(10-12-25)21-22(2)24-7-5-4-6-8-24/h4-8,17-20,22-23,25-27H,3,9-16,21H2,1-2H3/t22-,23?,25?,26?,27?/m1/s1. The molecule has 2 saturated carbocycles. The highest BCUT2D eigenvalue weighted by Crippen LogP contribution is 2.43. The molecule has 0 heterocycles. The summed E-state index contributed by atoms with van der Waals surface area (Å²) < 4.78 is 11.1. The van der Waals surface area contributed by atoms with E-state index in [0.29, 0.717) is 18.3 Å². The molecule has 2 aromatic rings. The van der Waals surface area contributed by atoms with Crippen LogP contribution in [0.25, 0.3) is 0 Å². The summed E-state index contributed by atoms with van der Waals surface area (Å²) in [7, 11) is 0. The van der Waals surface area contributed by atoms with Crippen molar-refractivity contribution in [3.63, 3.8) is 0 Å². The van der Waals surface area contributed by atoms with Crippen molar-refractivity contribution in [2.45, 2.75) is 77.6 Å². The van der Waals surface area contributed by atoms with Gasteiger partial charge in [0.05, 0.1) is 12.5 Å². The SMILES string of the molecule is CCOc1ccc(OC(=O)C2CCC(C3CCC(C[C@@H](C)c4ccccc4)CC3)CC2)cc1. The molecule has 2 aliphatic carbocycles. The second-order valence-electron chi connectivity index (χ2n) is 10.3. The van der Waals surface area contributed by atoms with Crippen LogP contribution < -0.4 is 9.47 Å². The number of hydrogen-bond donors (Lipinski definition) is 0. The molecule has 0 bridgehead atoms. The van der Waals surface area contributed by atoms with Gasteiger partial charge in [0.1, 0.15) is 11.5 Å². The Hall–Kier alpha value is -2.29. The Morgan fingerprint density at radius 1 is 0.818 bits per heavy atom. The van der Waals surface area contributed by atoms with Gasteiger partial charge in [0.25, 0.3) is 0 Å². The van der Waals surface area contributed by atoms with E-state index in [1.54, 1.807) is 0 Å². The number of ether oxygens (including phenoxy) is 2. The smallest absolute Gasteiger partial charge is 0.314 e. The van der Waals surface area contributed by atoms with Gasteiger partial charge in [-0.25, -0.2) is 0 Å². The summed E-state index contributed by atoms with van der Waals surface area (Å²) in [5.74, 6) is 4.60. The average molecular weight is 449 g/mol. The van der Waals surface area contributed by atoms with E-state index in [0.717, 1.165) is 36.3 Å². The largest absolute Gasteiger partial charge is 0.494 e. The van der Waals surface area contributed by atoms with Gasteiger partial charge in [-0.2, -0.15) is 0 Å². The first-order valence-corrected chi connectivity index (χ1v) is 13.1. The lowest BCUT2D eigenvalue weighted by molar-refractivity contribution is -0.140. The quantitative estimate of drug-likeness (QED) is 0.305. The van der Waals surface area contributed by atoms with Crippen LogP contribution in [0.2, 0.25) is 0 Å². The molecule has 0 radical (unpaired) electrons. The molecule has 0 amide bonds. The molecule has 178 valence electrons. The van der Waals surface area contributed by atoms with Gasteiger partial charge >= 0.3 is 5.97 Å². The second-order valence-corrected chi connectivity index (χ2v) is 10.3. The highest BCUT2D eigenvalue weighted by atomic mass is 16.5. The van der Waals surface area contributed by atoms with Gasteiger partial charge in [-0.15, -0.1) is 0 Å². The Balaban J connectivity index is 1.17. The summed E-state index contributed by atoms with van der Waals surface area (Å²) in [6, 6.07) is 18.3. The van der Waals surface area contributed by atoms with Gasteiger partial charge in [-0.3, -0.25) is 4.79 Å². The van der Waals surface area contributed by atoms with E-state index in [4.69, 9.17) is 9.47 Å². The number of benzene rings is 2. The van der Waals surface area contributed by atoms with E-state index in [2.05, 4.69) is 37.3 Å². The normalized spacial score (nSPS) is 26.4. The molecule has 3 nitrogen and oxygen atoms in total. The Morgan fingerprint density at radius 3 is 2.00 bits per heavy atom. The zero-order valence-electron chi connectivity index (χ0n) is 20.4. The molecule has 2 fully saturated rings. The van der Waals surface area contributed by atoms with E-state index >= 15 is 0 Å². The third-order valence-electron chi connectivity index (χ3n) is 8.07. The predicted octanol–water partition coefficient (Wildman–Crippen LogP) is 7.80. The fraction of sp³-hybridized carbons (Fsp3) is 0.567. The first-order valence-electron chi connectivity index (χ1n) is 13.1. The van der Waals surface area contributed by atoms with Gasteiger partial charge in [0, 0.05) is 0 Å². The Labute approximate surface area is 199 Å². The predicted molar refractivity (Wildman–Crippen MR) is 134 cm³/mol. The molecule has 0 spiro atoms. The van der Waals surface area contributed by atoms with Crippen molar-refractivity contribution >= 4 is 5.97 Å². The van der Waals surface area contributed by atoms with E-state index in [1.807, 2.05) is 31.2 Å². The minimum atomic E-state index is -0.0591. The van der Waals surface area contributed by atoms with E-state index in [9.17, 15) is 4.79 Å². The third-order valence-corrected chi connectivity index (χ3v) is 8.07. The first-order chi connectivity index (χ1) is 16.1. The molecule has 1 atom stereocenters. The van der Waals surface area contributed by atoms with Gasteiger partial charge in [-0.05, 0) is 105 Å². The molecule has 0 saturated heterocycles. The number of carbonyl (C=O) groups is 1. The van der Waals surface area contributed by atoms with Gasteiger partial charge in [0.15, 0.2) is 0 Å². The zero-order valence-corrected chi connectivity index (χ0v) is 20.4. The summed E-state index contributed by atoms with van der Waals surface area (Å²) in [4.78, 5) is 12.7. The number of rotatable bonds is 8. The highest BCUT2D eigenvalue weighted by Gasteiger charge is 2.34. The van der Waals surface area contributed by atoms with Gasteiger partial charge < -0.3 is 9.47 Å². The summed E-state index contributed by atoms with van der Waals surface area (Å²) in [5, 5.41) is 0. The van der Waals surface area contributed by atoms with Crippen LogP contribution in [0.1, 0.15) is 83.1 Å². The van der Waals surface area contributed by atoms with Crippen LogP contribution in [0.4, 0.5) is 0 Å². The first kappa shape index (κ1) is 23.9. The molecule has 3 heteroatoms. The van der Waals surface area contributed by atoms with Crippen molar-refractivity contribution in [1.29, 1.82) is 0 Å². The maximum atomic E-state index is 12.7.